The number of carboxylic acids is 1. The molecule has 0 saturated heterocycles. The second-order valence-electron chi connectivity index (χ2n) is 6.66. The van der Waals surface area contributed by atoms with Crippen LogP contribution in [0.3, 0.4) is 0 Å². The Hall–Kier alpha value is -2.82. The van der Waals surface area contributed by atoms with Gasteiger partial charge in [0, 0.05) is 11.6 Å². The topological polar surface area (TPSA) is 75.6 Å². The maximum atomic E-state index is 12.5. The standard InChI is InChI=1S/C21H23NO4/c23-20(24)14-26-19-12-10-18(11-13-19)22-21(25)17-8-6-16(7-9-17)15-4-2-1-3-5-15/h1-5,10-13,16-17H,6-9,14H2,(H,22,25)(H,23,24). The van der Waals surface area contributed by atoms with Gasteiger partial charge in [-0.2, -0.15) is 0 Å². The molecule has 5 heteroatoms. The number of ether oxygens (including phenoxy) is 1. The molecule has 0 heterocycles. The van der Waals surface area contributed by atoms with Gasteiger partial charge in [0.05, 0.1) is 0 Å². The lowest BCUT2D eigenvalue weighted by Gasteiger charge is -2.28. The molecule has 0 unspecified atom stereocenters. The molecule has 0 bridgehead atoms. The first kappa shape index (κ1) is 18.0. The first-order chi connectivity index (χ1) is 12.6. The fraction of sp³-hybridized carbons (Fsp3) is 0.333. The quantitative estimate of drug-likeness (QED) is 0.821. The molecule has 0 aromatic heterocycles. The lowest BCUT2D eigenvalue weighted by molar-refractivity contribution is -0.139. The summed E-state index contributed by atoms with van der Waals surface area (Å²) in [5, 5.41) is 11.5. The van der Waals surface area contributed by atoms with Gasteiger partial charge < -0.3 is 15.2 Å². The van der Waals surface area contributed by atoms with Crippen LogP contribution in [0.15, 0.2) is 54.6 Å². The number of rotatable bonds is 6. The van der Waals surface area contributed by atoms with Crippen LogP contribution in [0, 0.1) is 5.92 Å². The SMILES string of the molecule is O=C(O)COc1ccc(NC(=O)C2CCC(c3ccccc3)CC2)cc1. The summed E-state index contributed by atoms with van der Waals surface area (Å²) in [7, 11) is 0. The first-order valence-electron chi connectivity index (χ1n) is 8.92. The highest BCUT2D eigenvalue weighted by atomic mass is 16.5. The number of carbonyl (C=O) groups is 2. The zero-order chi connectivity index (χ0) is 18.4. The summed E-state index contributed by atoms with van der Waals surface area (Å²) < 4.78 is 5.09. The van der Waals surface area contributed by atoms with Crippen molar-refractivity contribution in [3.8, 4) is 5.75 Å². The van der Waals surface area contributed by atoms with E-state index in [9.17, 15) is 9.59 Å². The van der Waals surface area contributed by atoms with E-state index < -0.39 is 5.97 Å². The van der Waals surface area contributed by atoms with Crippen molar-refractivity contribution in [2.24, 2.45) is 5.92 Å². The lowest BCUT2D eigenvalue weighted by atomic mass is 9.78. The molecule has 0 radical (unpaired) electrons. The summed E-state index contributed by atoms with van der Waals surface area (Å²) in [6.45, 7) is -0.379. The van der Waals surface area contributed by atoms with Crippen molar-refractivity contribution < 1.29 is 19.4 Å². The molecule has 0 aliphatic heterocycles. The predicted octanol–water partition coefficient (Wildman–Crippen LogP) is 4.06. The number of anilines is 1. The third kappa shape index (κ3) is 4.85. The van der Waals surface area contributed by atoms with Gasteiger partial charge in [0.1, 0.15) is 5.75 Å². The van der Waals surface area contributed by atoms with E-state index in [-0.39, 0.29) is 18.4 Å². The van der Waals surface area contributed by atoms with Gasteiger partial charge in [0.2, 0.25) is 5.91 Å². The van der Waals surface area contributed by atoms with Gasteiger partial charge in [-0.05, 0) is 61.4 Å². The Morgan fingerprint density at radius 2 is 1.62 bits per heavy atom. The Morgan fingerprint density at radius 3 is 2.23 bits per heavy atom. The van der Waals surface area contributed by atoms with E-state index in [0.717, 1.165) is 25.7 Å². The van der Waals surface area contributed by atoms with Crippen LogP contribution >= 0.6 is 0 Å². The summed E-state index contributed by atoms with van der Waals surface area (Å²) in [4.78, 5) is 23.0. The van der Waals surface area contributed by atoms with E-state index in [1.165, 1.54) is 5.56 Å². The van der Waals surface area contributed by atoms with Crippen molar-refractivity contribution >= 4 is 17.6 Å². The van der Waals surface area contributed by atoms with Gasteiger partial charge in [-0.3, -0.25) is 4.79 Å². The second-order valence-corrected chi connectivity index (χ2v) is 6.66. The minimum absolute atomic E-state index is 0.0397. The van der Waals surface area contributed by atoms with Gasteiger partial charge in [-0.25, -0.2) is 4.79 Å². The molecule has 26 heavy (non-hydrogen) atoms. The van der Waals surface area contributed by atoms with Gasteiger partial charge in [-0.1, -0.05) is 30.3 Å². The summed E-state index contributed by atoms with van der Waals surface area (Å²) in [5.74, 6) is 0.0850. The first-order valence-corrected chi connectivity index (χ1v) is 8.92. The zero-order valence-corrected chi connectivity index (χ0v) is 14.6. The molecular weight excluding hydrogens is 330 g/mol. The number of carboxylic acid groups (broad SMARTS) is 1. The minimum atomic E-state index is -1.02. The van der Waals surface area contributed by atoms with Crippen LogP contribution in [-0.2, 0) is 9.59 Å². The van der Waals surface area contributed by atoms with Crippen molar-refractivity contribution in [1.82, 2.24) is 0 Å². The van der Waals surface area contributed by atoms with Crippen LogP contribution in [0.5, 0.6) is 5.75 Å². The Morgan fingerprint density at radius 1 is 0.962 bits per heavy atom. The van der Waals surface area contributed by atoms with Crippen molar-refractivity contribution in [1.29, 1.82) is 0 Å². The highest BCUT2D eigenvalue weighted by Gasteiger charge is 2.27. The average molecular weight is 353 g/mol. The van der Waals surface area contributed by atoms with Crippen LogP contribution in [0.4, 0.5) is 5.69 Å². The largest absolute Gasteiger partial charge is 0.482 e. The smallest absolute Gasteiger partial charge is 0.341 e. The minimum Gasteiger partial charge on any atom is -0.482 e. The van der Waals surface area contributed by atoms with Crippen LogP contribution in [0.25, 0.3) is 0 Å². The maximum absolute atomic E-state index is 12.5. The molecule has 5 nitrogen and oxygen atoms in total. The number of nitrogens with one attached hydrogen (secondary N) is 1. The molecule has 1 aliphatic carbocycles. The highest BCUT2D eigenvalue weighted by Crippen LogP contribution is 2.36. The van der Waals surface area contributed by atoms with Gasteiger partial charge in [0.25, 0.3) is 0 Å². The number of hydrogen-bond donors (Lipinski definition) is 2. The maximum Gasteiger partial charge on any atom is 0.341 e. The number of amides is 1. The molecule has 0 spiro atoms. The van der Waals surface area contributed by atoms with Gasteiger partial charge >= 0.3 is 5.97 Å². The molecule has 2 N–H and O–H groups in total. The van der Waals surface area contributed by atoms with Gasteiger partial charge in [-0.15, -0.1) is 0 Å². The van der Waals surface area contributed by atoms with Crippen molar-refractivity contribution in [3.63, 3.8) is 0 Å². The van der Waals surface area contributed by atoms with E-state index in [0.29, 0.717) is 17.4 Å². The fourth-order valence-electron chi connectivity index (χ4n) is 3.44. The fourth-order valence-corrected chi connectivity index (χ4v) is 3.44. The van der Waals surface area contributed by atoms with Crippen molar-refractivity contribution in [3.05, 3.63) is 60.2 Å². The van der Waals surface area contributed by atoms with Gasteiger partial charge in [0.15, 0.2) is 6.61 Å². The molecule has 1 amide bonds. The number of aliphatic carboxylic acids is 1. The molecule has 136 valence electrons. The Bertz CT molecular complexity index is 734. The summed E-state index contributed by atoms with van der Waals surface area (Å²) in [6, 6.07) is 17.3. The monoisotopic (exact) mass is 353 g/mol. The predicted molar refractivity (Wildman–Crippen MR) is 99.3 cm³/mol. The summed E-state index contributed by atoms with van der Waals surface area (Å²) in [6.07, 6.45) is 3.85. The zero-order valence-electron chi connectivity index (χ0n) is 14.6. The number of carbonyl (C=O) groups excluding carboxylic acids is 1. The van der Waals surface area contributed by atoms with E-state index in [4.69, 9.17) is 9.84 Å². The van der Waals surface area contributed by atoms with E-state index in [1.54, 1.807) is 24.3 Å². The molecule has 2 aromatic rings. The summed E-state index contributed by atoms with van der Waals surface area (Å²) in [5.41, 5.74) is 2.06. The Balaban J connectivity index is 1.49. The number of hydrogen-bond acceptors (Lipinski definition) is 3. The average Bonchev–Trinajstić information content (AvgIpc) is 2.68. The van der Waals surface area contributed by atoms with Crippen LogP contribution in [0.1, 0.15) is 37.2 Å². The molecule has 0 atom stereocenters. The lowest BCUT2D eigenvalue weighted by Crippen LogP contribution is -2.26. The van der Waals surface area contributed by atoms with Crippen molar-refractivity contribution in [2.75, 3.05) is 11.9 Å². The van der Waals surface area contributed by atoms with Crippen LogP contribution < -0.4 is 10.1 Å². The summed E-state index contributed by atoms with van der Waals surface area (Å²) >= 11 is 0. The van der Waals surface area contributed by atoms with E-state index in [1.807, 2.05) is 6.07 Å². The second kappa shape index (κ2) is 8.52. The normalized spacial score (nSPS) is 19.5. The van der Waals surface area contributed by atoms with E-state index >= 15 is 0 Å². The molecule has 2 aromatic carbocycles. The van der Waals surface area contributed by atoms with Crippen LogP contribution in [-0.4, -0.2) is 23.6 Å². The highest BCUT2D eigenvalue weighted by molar-refractivity contribution is 5.92. The van der Waals surface area contributed by atoms with E-state index in [2.05, 4.69) is 29.6 Å². The van der Waals surface area contributed by atoms with Crippen LogP contribution in [0.2, 0.25) is 0 Å². The third-order valence-corrected chi connectivity index (χ3v) is 4.85. The third-order valence-electron chi connectivity index (χ3n) is 4.85. The molecule has 1 saturated carbocycles. The van der Waals surface area contributed by atoms with Crippen molar-refractivity contribution in [2.45, 2.75) is 31.6 Å². The molecule has 3 rings (SSSR count). The Labute approximate surface area is 153 Å². The molecule has 1 fully saturated rings. The Kier molecular flexibility index (Phi) is 5.89. The molecular formula is C21H23NO4. The molecule has 1 aliphatic rings. The number of benzene rings is 2.